The van der Waals surface area contributed by atoms with Crippen LogP contribution in [0.3, 0.4) is 0 Å². The molecule has 164 valence electrons. The van der Waals surface area contributed by atoms with E-state index in [-0.39, 0.29) is 5.41 Å². The second-order valence-electron chi connectivity index (χ2n) is 8.97. The number of rotatable bonds is 4. The molecular weight excluding hydrogens is 476 g/mol. The maximum absolute atomic E-state index is 5.97. The minimum atomic E-state index is 0.111. The largest absolute Gasteiger partial charge is 0.455 e. The number of halogens is 1. The van der Waals surface area contributed by atoms with Crippen LogP contribution in [0.4, 0.5) is 5.69 Å². The molecular formula is C28H23BrN2O2. The number of hydrogen-bond donors (Lipinski definition) is 0. The van der Waals surface area contributed by atoms with Crippen LogP contribution in [0.5, 0.6) is 0 Å². The number of aliphatic imine (C=N–C) groups is 1. The van der Waals surface area contributed by atoms with Gasteiger partial charge < -0.3 is 8.83 Å². The summed E-state index contributed by atoms with van der Waals surface area (Å²) in [6, 6.07) is 26.0. The molecule has 0 aliphatic rings. The Morgan fingerprint density at radius 2 is 1.55 bits per heavy atom. The first kappa shape index (κ1) is 21.4. The molecule has 2 heterocycles. The molecule has 0 saturated carbocycles. The Bertz CT molecular complexity index is 1440. The molecule has 5 aromatic rings. The molecule has 0 aliphatic carbocycles. The smallest absolute Gasteiger partial charge is 0.227 e. The standard InChI is InChI=1S/C28H23BrN2O2/c1-28(2,3)20-8-4-19(5-9-20)27-31-24-16-22(12-14-26(24)33-27)30-17-23-13-15-25(32-23)18-6-10-21(29)11-7-18/h4-17H,1-3H3. The Morgan fingerprint density at radius 3 is 2.27 bits per heavy atom. The van der Waals surface area contributed by atoms with Crippen LogP contribution in [0.2, 0.25) is 0 Å². The van der Waals surface area contributed by atoms with Crippen molar-refractivity contribution in [1.29, 1.82) is 0 Å². The van der Waals surface area contributed by atoms with E-state index < -0.39 is 0 Å². The van der Waals surface area contributed by atoms with Gasteiger partial charge in [-0.3, -0.25) is 4.99 Å². The lowest BCUT2D eigenvalue weighted by atomic mass is 9.87. The number of aromatic nitrogens is 1. The van der Waals surface area contributed by atoms with Gasteiger partial charge in [0.1, 0.15) is 17.0 Å². The summed E-state index contributed by atoms with van der Waals surface area (Å²) in [5.74, 6) is 2.10. The highest BCUT2D eigenvalue weighted by atomic mass is 79.9. The van der Waals surface area contributed by atoms with Gasteiger partial charge in [-0.15, -0.1) is 0 Å². The van der Waals surface area contributed by atoms with E-state index in [9.17, 15) is 0 Å². The Kier molecular flexibility index (Phi) is 5.51. The van der Waals surface area contributed by atoms with Crippen molar-refractivity contribution in [2.75, 3.05) is 0 Å². The summed E-state index contributed by atoms with van der Waals surface area (Å²) in [4.78, 5) is 9.23. The van der Waals surface area contributed by atoms with Crippen molar-refractivity contribution in [3.63, 3.8) is 0 Å². The third kappa shape index (κ3) is 4.69. The van der Waals surface area contributed by atoms with Crippen LogP contribution in [-0.2, 0) is 5.41 Å². The summed E-state index contributed by atoms with van der Waals surface area (Å²) in [6.45, 7) is 6.61. The van der Waals surface area contributed by atoms with E-state index in [4.69, 9.17) is 8.83 Å². The molecule has 3 aromatic carbocycles. The molecule has 0 fully saturated rings. The maximum Gasteiger partial charge on any atom is 0.227 e. The van der Waals surface area contributed by atoms with Crippen LogP contribution < -0.4 is 0 Å². The van der Waals surface area contributed by atoms with E-state index in [1.807, 2.05) is 54.6 Å². The molecule has 0 amide bonds. The first-order valence-electron chi connectivity index (χ1n) is 10.8. The van der Waals surface area contributed by atoms with Crippen molar-refractivity contribution in [3.8, 4) is 22.8 Å². The maximum atomic E-state index is 5.97. The molecule has 5 heteroatoms. The summed E-state index contributed by atoms with van der Waals surface area (Å²) in [5, 5.41) is 0. The molecule has 0 bridgehead atoms. The number of hydrogen-bond acceptors (Lipinski definition) is 4. The summed E-state index contributed by atoms with van der Waals surface area (Å²) >= 11 is 3.45. The van der Waals surface area contributed by atoms with Crippen molar-refractivity contribution in [1.82, 2.24) is 4.98 Å². The van der Waals surface area contributed by atoms with Crippen LogP contribution in [0.1, 0.15) is 32.1 Å². The van der Waals surface area contributed by atoms with Gasteiger partial charge in [-0.25, -0.2) is 4.98 Å². The fraction of sp³-hybridized carbons (Fsp3) is 0.143. The molecule has 0 radical (unpaired) electrons. The van der Waals surface area contributed by atoms with Gasteiger partial charge in [-0.1, -0.05) is 61.0 Å². The molecule has 4 nitrogen and oxygen atoms in total. The molecule has 0 aliphatic heterocycles. The minimum Gasteiger partial charge on any atom is -0.455 e. The average Bonchev–Trinajstić information content (AvgIpc) is 3.44. The monoisotopic (exact) mass is 498 g/mol. The van der Waals surface area contributed by atoms with Crippen molar-refractivity contribution >= 4 is 38.9 Å². The van der Waals surface area contributed by atoms with Crippen molar-refractivity contribution in [2.24, 2.45) is 4.99 Å². The third-order valence-electron chi connectivity index (χ3n) is 5.47. The lowest BCUT2D eigenvalue weighted by Gasteiger charge is -2.18. The summed E-state index contributed by atoms with van der Waals surface area (Å²) in [7, 11) is 0. The van der Waals surface area contributed by atoms with E-state index in [1.54, 1.807) is 6.21 Å². The molecule has 0 unspecified atom stereocenters. The average molecular weight is 499 g/mol. The summed E-state index contributed by atoms with van der Waals surface area (Å²) < 4.78 is 12.9. The number of benzene rings is 3. The van der Waals surface area contributed by atoms with Gasteiger partial charge in [0.05, 0.1) is 11.9 Å². The van der Waals surface area contributed by atoms with Crippen molar-refractivity contribution in [2.45, 2.75) is 26.2 Å². The highest BCUT2D eigenvalue weighted by molar-refractivity contribution is 9.10. The van der Waals surface area contributed by atoms with E-state index in [0.717, 1.165) is 38.1 Å². The predicted molar refractivity (Wildman–Crippen MR) is 137 cm³/mol. The highest BCUT2D eigenvalue weighted by Crippen LogP contribution is 2.30. The molecule has 0 atom stereocenters. The van der Waals surface area contributed by atoms with Crippen LogP contribution >= 0.6 is 15.9 Å². The zero-order valence-electron chi connectivity index (χ0n) is 18.7. The normalized spacial score (nSPS) is 12.1. The fourth-order valence-electron chi connectivity index (χ4n) is 3.56. The Morgan fingerprint density at radius 1 is 0.818 bits per heavy atom. The van der Waals surface area contributed by atoms with E-state index in [1.165, 1.54) is 5.56 Å². The van der Waals surface area contributed by atoms with Crippen molar-refractivity contribution in [3.05, 3.63) is 94.7 Å². The van der Waals surface area contributed by atoms with Gasteiger partial charge >= 0.3 is 0 Å². The van der Waals surface area contributed by atoms with Gasteiger partial charge in [0.15, 0.2) is 5.58 Å². The quantitative estimate of drug-likeness (QED) is 0.233. The van der Waals surface area contributed by atoms with Gasteiger partial charge in [0.25, 0.3) is 0 Å². The second-order valence-corrected chi connectivity index (χ2v) is 9.88. The van der Waals surface area contributed by atoms with Gasteiger partial charge in [-0.05, 0) is 65.6 Å². The van der Waals surface area contributed by atoms with Gasteiger partial charge in [-0.2, -0.15) is 0 Å². The fourth-order valence-corrected chi connectivity index (χ4v) is 3.83. The number of furan rings is 1. The zero-order chi connectivity index (χ0) is 23.0. The van der Waals surface area contributed by atoms with Crippen LogP contribution in [0.15, 0.2) is 97.2 Å². The first-order valence-corrected chi connectivity index (χ1v) is 11.6. The molecule has 0 spiro atoms. The topological polar surface area (TPSA) is 51.5 Å². The second kappa shape index (κ2) is 8.49. The molecule has 0 N–H and O–H groups in total. The van der Waals surface area contributed by atoms with Crippen LogP contribution in [-0.4, -0.2) is 11.2 Å². The lowest BCUT2D eigenvalue weighted by Crippen LogP contribution is -2.10. The highest BCUT2D eigenvalue weighted by Gasteiger charge is 2.15. The number of fused-ring (bicyclic) bond motifs is 1. The number of nitrogens with zero attached hydrogens (tertiary/aromatic N) is 2. The van der Waals surface area contributed by atoms with Gasteiger partial charge in [0.2, 0.25) is 5.89 Å². The Balaban J connectivity index is 1.36. The molecule has 5 rings (SSSR count). The Hall–Kier alpha value is -3.44. The summed E-state index contributed by atoms with van der Waals surface area (Å²) in [5.41, 5.74) is 5.66. The lowest BCUT2D eigenvalue weighted by molar-refractivity contribution is 0.575. The number of oxazole rings is 1. The minimum absolute atomic E-state index is 0.111. The molecule has 33 heavy (non-hydrogen) atoms. The van der Waals surface area contributed by atoms with E-state index >= 15 is 0 Å². The zero-order valence-corrected chi connectivity index (χ0v) is 20.3. The van der Waals surface area contributed by atoms with E-state index in [2.05, 4.69) is 70.9 Å². The predicted octanol–water partition coefficient (Wildman–Crippen LogP) is 8.57. The summed E-state index contributed by atoms with van der Waals surface area (Å²) in [6.07, 6.45) is 1.72. The van der Waals surface area contributed by atoms with Gasteiger partial charge in [0, 0.05) is 15.6 Å². The Labute approximate surface area is 201 Å². The SMILES string of the molecule is CC(C)(C)c1ccc(-c2nc3cc(N=Cc4ccc(-c5ccc(Br)cc5)o4)ccc3o2)cc1. The van der Waals surface area contributed by atoms with Crippen LogP contribution in [0, 0.1) is 0 Å². The molecule has 2 aromatic heterocycles. The molecule has 0 saturated heterocycles. The first-order chi connectivity index (χ1) is 15.8. The van der Waals surface area contributed by atoms with E-state index in [0.29, 0.717) is 11.7 Å². The van der Waals surface area contributed by atoms with Crippen LogP contribution in [0.25, 0.3) is 33.9 Å². The third-order valence-corrected chi connectivity index (χ3v) is 5.99. The van der Waals surface area contributed by atoms with Crippen molar-refractivity contribution < 1.29 is 8.83 Å².